The standard InChI is InChI=1S/C16H20N2/c1-11-8-12(2)10-14(9-11)16(17-4)15-6-5-7-18-13(15)3/h5-10,16-17H,1-4H3. The van der Waals surface area contributed by atoms with Crippen LogP contribution in [0.1, 0.15) is 34.0 Å². The third-order valence-corrected chi connectivity index (χ3v) is 3.22. The zero-order valence-corrected chi connectivity index (χ0v) is 11.5. The second-order valence-electron chi connectivity index (χ2n) is 4.82. The molecule has 0 aliphatic heterocycles. The minimum absolute atomic E-state index is 0.206. The number of hydrogen-bond acceptors (Lipinski definition) is 2. The molecule has 0 bridgehead atoms. The lowest BCUT2D eigenvalue weighted by atomic mass is 9.95. The fourth-order valence-electron chi connectivity index (χ4n) is 2.48. The van der Waals surface area contributed by atoms with Gasteiger partial charge in [-0.05, 0) is 45.0 Å². The van der Waals surface area contributed by atoms with Crippen molar-refractivity contribution in [2.45, 2.75) is 26.8 Å². The van der Waals surface area contributed by atoms with Crippen LogP contribution >= 0.6 is 0 Å². The largest absolute Gasteiger partial charge is 0.309 e. The maximum atomic E-state index is 4.38. The van der Waals surface area contributed by atoms with Crippen LogP contribution in [0.5, 0.6) is 0 Å². The second-order valence-corrected chi connectivity index (χ2v) is 4.82. The highest BCUT2D eigenvalue weighted by molar-refractivity contribution is 5.38. The van der Waals surface area contributed by atoms with E-state index in [1.54, 1.807) is 0 Å². The summed E-state index contributed by atoms with van der Waals surface area (Å²) in [7, 11) is 1.99. The van der Waals surface area contributed by atoms with E-state index in [2.05, 4.69) is 55.3 Å². The number of rotatable bonds is 3. The van der Waals surface area contributed by atoms with Crippen molar-refractivity contribution >= 4 is 0 Å². The van der Waals surface area contributed by atoms with Crippen molar-refractivity contribution < 1.29 is 0 Å². The molecule has 0 saturated carbocycles. The molecule has 0 radical (unpaired) electrons. The highest BCUT2D eigenvalue weighted by atomic mass is 14.9. The fraction of sp³-hybridized carbons (Fsp3) is 0.312. The Labute approximate surface area is 109 Å². The number of hydrogen-bond donors (Lipinski definition) is 1. The SMILES string of the molecule is CNC(c1cc(C)cc(C)c1)c1cccnc1C. The van der Waals surface area contributed by atoms with E-state index >= 15 is 0 Å². The smallest absolute Gasteiger partial charge is 0.0592 e. The monoisotopic (exact) mass is 240 g/mol. The number of nitrogens with zero attached hydrogens (tertiary/aromatic N) is 1. The van der Waals surface area contributed by atoms with Crippen molar-refractivity contribution in [3.05, 3.63) is 64.5 Å². The van der Waals surface area contributed by atoms with Gasteiger partial charge >= 0.3 is 0 Å². The molecule has 94 valence electrons. The highest BCUT2D eigenvalue weighted by Crippen LogP contribution is 2.25. The molecule has 1 aromatic heterocycles. The summed E-state index contributed by atoms with van der Waals surface area (Å²) < 4.78 is 0. The van der Waals surface area contributed by atoms with E-state index in [4.69, 9.17) is 0 Å². The van der Waals surface area contributed by atoms with E-state index in [0.717, 1.165) is 5.69 Å². The Morgan fingerprint density at radius 2 is 1.72 bits per heavy atom. The molecule has 1 aromatic carbocycles. The highest BCUT2D eigenvalue weighted by Gasteiger charge is 2.14. The molecule has 0 aliphatic carbocycles. The molecule has 0 amide bonds. The molecular formula is C16H20N2. The third kappa shape index (κ3) is 2.59. The Morgan fingerprint density at radius 3 is 2.28 bits per heavy atom. The van der Waals surface area contributed by atoms with Gasteiger partial charge in [0.05, 0.1) is 6.04 Å². The number of aromatic nitrogens is 1. The first-order valence-electron chi connectivity index (χ1n) is 6.29. The Balaban J connectivity index is 2.48. The second kappa shape index (κ2) is 5.32. The molecule has 0 aliphatic rings. The van der Waals surface area contributed by atoms with Crippen molar-refractivity contribution in [2.24, 2.45) is 0 Å². The molecule has 1 heterocycles. The summed E-state index contributed by atoms with van der Waals surface area (Å²) in [4.78, 5) is 4.38. The van der Waals surface area contributed by atoms with Crippen LogP contribution in [-0.2, 0) is 0 Å². The maximum absolute atomic E-state index is 4.38. The van der Waals surface area contributed by atoms with Gasteiger partial charge in [-0.2, -0.15) is 0 Å². The van der Waals surface area contributed by atoms with Crippen molar-refractivity contribution in [3.8, 4) is 0 Å². The Morgan fingerprint density at radius 1 is 1.06 bits per heavy atom. The number of aryl methyl sites for hydroxylation is 3. The lowest BCUT2D eigenvalue weighted by molar-refractivity contribution is 0.682. The average Bonchev–Trinajstić information content (AvgIpc) is 2.31. The van der Waals surface area contributed by atoms with Gasteiger partial charge in [0.2, 0.25) is 0 Å². The quantitative estimate of drug-likeness (QED) is 0.890. The van der Waals surface area contributed by atoms with Gasteiger partial charge in [-0.15, -0.1) is 0 Å². The van der Waals surface area contributed by atoms with Crippen molar-refractivity contribution in [1.82, 2.24) is 10.3 Å². The van der Waals surface area contributed by atoms with Gasteiger partial charge < -0.3 is 5.32 Å². The van der Waals surface area contributed by atoms with Gasteiger partial charge in [0, 0.05) is 11.9 Å². The van der Waals surface area contributed by atoms with E-state index in [9.17, 15) is 0 Å². The molecule has 18 heavy (non-hydrogen) atoms. The Hall–Kier alpha value is -1.67. The van der Waals surface area contributed by atoms with Gasteiger partial charge in [0.15, 0.2) is 0 Å². The molecule has 0 spiro atoms. The van der Waals surface area contributed by atoms with Crippen molar-refractivity contribution in [1.29, 1.82) is 0 Å². The summed E-state index contributed by atoms with van der Waals surface area (Å²) in [5, 5.41) is 3.39. The predicted octanol–water partition coefficient (Wildman–Crippen LogP) is 3.32. The Bertz CT molecular complexity index is 526. The van der Waals surface area contributed by atoms with E-state index < -0.39 is 0 Å². The topological polar surface area (TPSA) is 24.9 Å². The molecule has 2 nitrogen and oxygen atoms in total. The molecule has 0 fully saturated rings. The van der Waals surface area contributed by atoms with Gasteiger partial charge in [-0.3, -0.25) is 4.98 Å². The summed E-state index contributed by atoms with van der Waals surface area (Å²) in [5.41, 5.74) is 6.21. The summed E-state index contributed by atoms with van der Waals surface area (Å²) in [6.07, 6.45) is 1.84. The predicted molar refractivity (Wildman–Crippen MR) is 75.8 cm³/mol. The summed E-state index contributed by atoms with van der Waals surface area (Å²) >= 11 is 0. The van der Waals surface area contributed by atoms with Gasteiger partial charge in [-0.1, -0.05) is 35.4 Å². The maximum Gasteiger partial charge on any atom is 0.0592 e. The van der Waals surface area contributed by atoms with E-state index in [1.165, 1.54) is 22.3 Å². The molecule has 1 atom stereocenters. The molecule has 2 aromatic rings. The molecule has 1 unspecified atom stereocenters. The fourth-order valence-corrected chi connectivity index (χ4v) is 2.48. The molecule has 2 rings (SSSR count). The summed E-state index contributed by atoms with van der Waals surface area (Å²) in [5.74, 6) is 0. The van der Waals surface area contributed by atoms with Gasteiger partial charge in [-0.25, -0.2) is 0 Å². The molecule has 2 heteroatoms. The molecule has 0 saturated heterocycles. The average molecular weight is 240 g/mol. The van der Waals surface area contributed by atoms with Crippen LogP contribution in [0.15, 0.2) is 36.5 Å². The summed E-state index contributed by atoms with van der Waals surface area (Å²) in [6.45, 7) is 6.33. The minimum Gasteiger partial charge on any atom is -0.309 e. The first-order chi connectivity index (χ1) is 8.61. The number of pyridine rings is 1. The van der Waals surface area contributed by atoms with Crippen LogP contribution in [-0.4, -0.2) is 12.0 Å². The van der Waals surface area contributed by atoms with E-state index in [-0.39, 0.29) is 6.04 Å². The van der Waals surface area contributed by atoms with Crippen molar-refractivity contribution in [2.75, 3.05) is 7.05 Å². The van der Waals surface area contributed by atoms with Crippen molar-refractivity contribution in [3.63, 3.8) is 0 Å². The van der Waals surface area contributed by atoms with E-state index in [1.807, 2.05) is 19.3 Å². The van der Waals surface area contributed by atoms with Crippen LogP contribution < -0.4 is 5.32 Å². The van der Waals surface area contributed by atoms with Crippen LogP contribution in [0.2, 0.25) is 0 Å². The van der Waals surface area contributed by atoms with Crippen LogP contribution in [0.25, 0.3) is 0 Å². The Kier molecular flexibility index (Phi) is 3.78. The first-order valence-corrected chi connectivity index (χ1v) is 6.29. The van der Waals surface area contributed by atoms with Gasteiger partial charge in [0.25, 0.3) is 0 Å². The number of benzene rings is 1. The zero-order chi connectivity index (χ0) is 13.1. The van der Waals surface area contributed by atoms with E-state index in [0.29, 0.717) is 0 Å². The number of nitrogens with one attached hydrogen (secondary N) is 1. The minimum atomic E-state index is 0.206. The molecule has 1 N–H and O–H groups in total. The first kappa shape index (κ1) is 12.8. The lowest BCUT2D eigenvalue weighted by Crippen LogP contribution is -2.19. The summed E-state index contributed by atoms with van der Waals surface area (Å²) in [6, 6.07) is 11.0. The normalized spacial score (nSPS) is 12.4. The zero-order valence-electron chi connectivity index (χ0n) is 11.5. The lowest BCUT2D eigenvalue weighted by Gasteiger charge is -2.19. The van der Waals surface area contributed by atoms with Crippen LogP contribution in [0, 0.1) is 20.8 Å². The third-order valence-electron chi connectivity index (χ3n) is 3.22. The van der Waals surface area contributed by atoms with Gasteiger partial charge in [0.1, 0.15) is 0 Å². The molecular weight excluding hydrogens is 220 g/mol. The van der Waals surface area contributed by atoms with Crippen LogP contribution in [0.3, 0.4) is 0 Å². The van der Waals surface area contributed by atoms with Crippen LogP contribution in [0.4, 0.5) is 0 Å².